The molecule has 3 rings (SSSR count). The van der Waals surface area contributed by atoms with Gasteiger partial charge in [-0.2, -0.15) is 0 Å². The summed E-state index contributed by atoms with van der Waals surface area (Å²) in [5, 5.41) is 3.47. The van der Waals surface area contributed by atoms with Gasteiger partial charge in [0.15, 0.2) is 0 Å². The van der Waals surface area contributed by atoms with E-state index >= 15 is 0 Å². The van der Waals surface area contributed by atoms with E-state index in [0.29, 0.717) is 0 Å². The molecule has 2 aromatic rings. The van der Waals surface area contributed by atoms with Crippen molar-refractivity contribution in [3.63, 3.8) is 0 Å². The van der Waals surface area contributed by atoms with Crippen molar-refractivity contribution >= 4 is 5.65 Å². The van der Waals surface area contributed by atoms with Gasteiger partial charge in [-0.1, -0.05) is 6.07 Å². The molecule has 1 unspecified atom stereocenters. The molecule has 0 saturated carbocycles. The lowest BCUT2D eigenvalue weighted by molar-refractivity contribution is 0.374. The molecule has 1 fully saturated rings. The van der Waals surface area contributed by atoms with Crippen LogP contribution in [0.25, 0.3) is 5.65 Å². The summed E-state index contributed by atoms with van der Waals surface area (Å²) in [7, 11) is 0. The summed E-state index contributed by atoms with van der Waals surface area (Å²) < 4.78 is 2.19. The third kappa shape index (κ3) is 2.20. The molecule has 1 aliphatic rings. The Kier molecular flexibility index (Phi) is 2.85. The predicted molar refractivity (Wildman–Crippen MR) is 69.2 cm³/mol. The lowest BCUT2D eigenvalue weighted by Crippen LogP contribution is -2.30. The van der Waals surface area contributed by atoms with E-state index < -0.39 is 0 Å². The Balaban J connectivity index is 1.83. The van der Waals surface area contributed by atoms with E-state index in [1.54, 1.807) is 0 Å². The fourth-order valence-electron chi connectivity index (χ4n) is 2.69. The molecule has 0 spiro atoms. The Bertz CT molecular complexity index is 509. The van der Waals surface area contributed by atoms with Crippen molar-refractivity contribution in [2.75, 3.05) is 13.1 Å². The topological polar surface area (TPSA) is 29.3 Å². The molecule has 1 N–H and O–H groups in total. The molecule has 17 heavy (non-hydrogen) atoms. The lowest BCUT2D eigenvalue weighted by Gasteiger charge is -2.21. The van der Waals surface area contributed by atoms with Gasteiger partial charge >= 0.3 is 0 Å². The smallest absolute Gasteiger partial charge is 0.137 e. The summed E-state index contributed by atoms with van der Waals surface area (Å²) in [4.78, 5) is 4.70. The molecule has 3 nitrogen and oxygen atoms in total. The zero-order valence-corrected chi connectivity index (χ0v) is 10.3. The van der Waals surface area contributed by atoms with Crippen molar-refractivity contribution in [2.45, 2.75) is 26.2 Å². The van der Waals surface area contributed by atoms with Crippen LogP contribution in [-0.2, 0) is 6.42 Å². The number of fused-ring (bicyclic) bond motifs is 1. The molecule has 1 atom stereocenters. The zero-order valence-electron chi connectivity index (χ0n) is 10.3. The van der Waals surface area contributed by atoms with Crippen LogP contribution >= 0.6 is 0 Å². The highest BCUT2D eigenvalue weighted by molar-refractivity contribution is 5.41. The molecule has 2 aromatic heterocycles. The van der Waals surface area contributed by atoms with Crippen LogP contribution in [0.5, 0.6) is 0 Å². The first kappa shape index (κ1) is 10.8. The number of aryl methyl sites for hydroxylation is 1. The summed E-state index contributed by atoms with van der Waals surface area (Å²) in [6.45, 7) is 4.45. The highest BCUT2D eigenvalue weighted by Crippen LogP contribution is 2.17. The fourth-order valence-corrected chi connectivity index (χ4v) is 2.69. The van der Waals surface area contributed by atoms with E-state index in [1.165, 1.54) is 30.8 Å². The van der Waals surface area contributed by atoms with Gasteiger partial charge in [-0.15, -0.1) is 0 Å². The van der Waals surface area contributed by atoms with Gasteiger partial charge in [0.2, 0.25) is 0 Å². The Morgan fingerprint density at radius 3 is 3.18 bits per heavy atom. The third-order valence-electron chi connectivity index (χ3n) is 3.64. The highest BCUT2D eigenvalue weighted by Gasteiger charge is 2.15. The van der Waals surface area contributed by atoms with Crippen LogP contribution in [0.2, 0.25) is 0 Å². The van der Waals surface area contributed by atoms with Gasteiger partial charge in [0.1, 0.15) is 5.65 Å². The number of aromatic nitrogens is 2. The van der Waals surface area contributed by atoms with Crippen LogP contribution in [0.1, 0.15) is 24.2 Å². The van der Waals surface area contributed by atoms with Crippen LogP contribution < -0.4 is 5.32 Å². The molecule has 1 saturated heterocycles. The van der Waals surface area contributed by atoms with E-state index in [4.69, 9.17) is 4.98 Å². The minimum Gasteiger partial charge on any atom is -0.316 e. The van der Waals surface area contributed by atoms with Gasteiger partial charge in [-0.3, -0.25) is 0 Å². The van der Waals surface area contributed by atoms with Crippen molar-refractivity contribution in [3.8, 4) is 0 Å². The van der Waals surface area contributed by atoms with E-state index in [9.17, 15) is 0 Å². The van der Waals surface area contributed by atoms with E-state index in [-0.39, 0.29) is 0 Å². The van der Waals surface area contributed by atoms with Gasteiger partial charge in [0, 0.05) is 11.9 Å². The Morgan fingerprint density at radius 2 is 2.41 bits per heavy atom. The Morgan fingerprint density at radius 1 is 1.47 bits per heavy atom. The van der Waals surface area contributed by atoms with E-state index in [1.807, 2.05) is 0 Å². The highest BCUT2D eigenvalue weighted by atomic mass is 15.0. The predicted octanol–water partition coefficient (Wildman–Crippen LogP) is 2.18. The maximum absolute atomic E-state index is 4.70. The number of nitrogens with zero attached hydrogens (tertiary/aromatic N) is 2. The van der Waals surface area contributed by atoms with Crippen LogP contribution in [0, 0.1) is 12.8 Å². The number of hydrogen-bond acceptors (Lipinski definition) is 2. The lowest BCUT2D eigenvalue weighted by atomic mass is 9.95. The van der Waals surface area contributed by atoms with Crippen LogP contribution in [0.3, 0.4) is 0 Å². The minimum absolute atomic E-state index is 0.758. The van der Waals surface area contributed by atoms with Crippen molar-refractivity contribution in [3.05, 3.63) is 35.8 Å². The molecule has 3 heteroatoms. The molecule has 0 radical (unpaired) electrons. The second-order valence-corrected chi connectivity index (χ2v) is 5.04. The largest absolute Gasteiger partial charge is 0.316 e. The molecule has 3 heterocycles. The quantitative estimate of drug-likeness (QED) is 0.855. The minimum atomic E-state index is 0.758. The first-order chi connectivity index (χ1) is 8.33. The van der Waals surface area contributed by atoms with Crippen molar-refractivity contribution in [1.82, 2.24) is 14.7 Å². The Labute approximate surface area is 102 Å². The molecule has 90 valence electrons. The first-order valence-electron chi connectivity index (χ1n) is 6.47. The third-order valence-corrected chi connectivity index (χ3v) is 3.64. The first-order valence-corrected chi connectivity index (χ1v) is 6.47. The van der Waals surface area contributed by atoms with Crippen LogP contribution in [-0.4, -0.2) is 22.5 Å². The monoisotopic (exact) mass is 229 g/mol. The Hall–Kier alpha value is -1.35. The molecule has 0 aliphatic carbocycles. The number of piperidine rings is 1. The number of pyridine rings is 1. The molecule has 0 bridgehead atoms. The van der Waals surface area contributed by atoms with Crippen molar-refractivity contribution in [2.24, 2.45) is 5.92 Å². The van der Waals surface area contributed by atoms with Crippen molar-refractivity contribution in [1.29, 1.82) is 0 Å². The van der Waals surface area contributed by atoms with Gasteiger partial charge in [-0.05, 0) is 57.3 Å². The fraction of sp³-hybridized carbons (Fsp3) is 0.500. The molecule has 1 aliphatic heterocycles. The number of nitrogens with one attached hydrogen (secondary N) is 1. The van der Waals surface area contributed by atoms with Gasteiger partial charge in [0.05, 0.1) is 5.69 Å². The van der Waals surface area contributed by atoms with Crippen molar-refractivity contribution < 1.29 is 0 Å². The average molecular weight is 229 g/mol. The molecular weight excluding hydrogens is 210 g/mol. The summed E-state index contributed by atoms with van der Waals surface area (Å²) in [6, 6.07) is 6.28. The SMILES string of the molecule is Cc1cccc2nc(CC3CCCNC3)cn12. The number of rotatable bonds is 2. The second-order valence-electron chi connectivity index (χ2n) is 5.04. The average Bonchev–Trinajstić information content (AvgIpc) is 2.74. The van der Waals surface area contributed by atoms with E-state index in [2.05, 4.69) is 41.0 Å². The normalized spacial score (nSPS) is 20.9. The summed E-state index contributed by atoms with van der Waals surface area (Å²) in [6.07, 6.45) is 5.93. The number of hydrogen-bond donors (Lipinski definition) is 1. The molecule has 0 aromatic carbocycles. The second kappa shape index (κ2) is 4.49. The van der Waals surface area contributed by atoms with Gasteiger partial charge in [0.25, 0.3) is 0 Å². The molecule has 0 amide bonds. The maximum atomic E-state index is 4.70. The number of imidazole rings is 1. The summed E-state index contributed by atoms with van der Waals surface area (Å²) >= 11 is 0. The van der Waals surface area contributed by atoms with Gasteiger partial charge < -0.3 is 9.72 Å². The zero-order chi connectivity index (χ0) is 11.7. The summed E-state index contributed by atoms with van der Waals surface area (Å²) in [5.74, 6) is 0.758. The van der Waals surface area contributed by atoms with Gasteiger partial charge in [-0.25, -0.2) is 4.98 Å². The van der Waals surface area contributed by atoms with Crippen LogP contribution in [0.4, 0.5) is 0 Å². The summed E-state index contributed by atoms with van der Waals surface area (Å²) in [5.41, 5.74) is 3.56. The van der Waals surface area contributed by atoms with E-state index in [0.717, 1.165) is 24.5 Å². The standard InChI is InChI=1S/C14H19N3/c1-11-4-2-6-14-16-13(10-17(11)14)8-12-5-3-7-15-9-12/h2,4,6,10,12,15H,3,5,7-9H2,1H3. The maximum Gasteiger partial charge on any atom is 0.137 e. The molecular formula is C14H19N3. The van der Waals surface area contributed by atoms with Crippen LogP contribution in [0.15, 0.2) is 24.4 Å².